The van der Waals surface area contributed by atoms with Gasteiger partial charge in [0.2, 0.25) is 0 Å². The molecule has 8 heteroatoms. The number of rotatable bonds is 5. The fourth-order valence-electron chi connectivity index (χ4n) is 3.47. The van der Waals surface area contributed by atoms with E-state index in [4.69, 9.17) is 16.6 Å². The number of fused-ring (bicyclic) bond motifs is 3. The summed E-state index contributed by atoms with van der Waals surface area (Å²) < 4.78 is 16.6. The molecule has 32 heavy (non-hydrogen) atoms. The highest BCUT2D eigenvalue weighted by atomic mass is 35.5. The van der Waals surface area contributed by atoms with Gasteiger partial charge in [-0.25, -0.2) is 14.4 Å². The van der Waals surface area contributed by atoms with E-state index in [-0.39, 0.29) is 17.1 Å². The van der Waals surface area contributed by atoms with Crippen LogP contribution in [-0.4, -0.2) is 14.5 Å². The van der Waals surface area contributed by atoms with Crippen molar-refractivity contribution >= 4 is 55.1 Å². The molecule has 4 nitrogen and oxygen atoms in total. The molecule has 0 aliphatic carbocycles. The van der Waals surface area contributed by atoms with Gasteiger partial charge in [-0.15, -0.1) is 11.3 Å². The average molecular weight is 482 g/mol. The van der Waals surface area contributed by atoms with Crippen molar-refractivity contribution in [2.24, 2.45) is 0 Å². The SMILES string of the molecule is Cc1ccc(Cn2c(SCc3c(F)cccc3Cl)nc3c(sc4ncccc43)c2=O)cc1. The molecule has 0 spiro atoms. The topological polar surface area (TPSA) is 47.8 Å². The van der Waals surface area contributed by atoms with E-state index in [1.807, 2.05) is 43.3 Å². The number of hydrogen-bond acceptors (Lipinski definition) is 5. The number of hydrogen-bond donors (Lipinski definition) is 0. The number of thioether (sulfide) groups is 1. The normalized spacial score (nSPS) is 11.5. The summed E-state index contributed by atoms with van der Waals surface area (Å²) in [5.41, 5.74) is 3.04. The smallest absolute Gasteiger partial charge is 0.272 e. The fraction of sp³-hybridized carbons (Fsp3) is 0.125. The Morgan fingerprint density at radius 1 is 1.12 bits per heavy atom. The first-order chi connectivity index (χ1) is 15.5. The van der Waals surface area contributed by atoms with Crippen LogP contribution in [0.5, 0.6) is 0 Å². The minimum Gasteiger partial charge on any atom is -0.282 e. The molecule has 160 valence electrons. The highest BCUT2D eigenvalue weighted by Gasteiger charge is 2.18. The van der Waals surface area contributed by atoms with Gasteiger partial charge in [-0.3, -0.25) is 9.36 Å². The number of benzene rings is 2. The summed E-state index contributed by atoms with van der Waals surface area (Å²) in [7, 11) is 0. The second-order valence-corrected chi connectivity index (χ2v) is 9.74. The van der Waals surface area contributed by atoms with Crippen LogP contribution in [0.25, 0.3) is 20.4 Å². The first kappa shape index (κ1) is 21.1. The minimum absolute atomic E-state index is 0.124. The fourth-order valence-corrected chi connectivity index (χ4v) is 5.84. The molecule has 5 aromatic rings. The van der Waals surface area contributed by atoms with Crippen LogP contribution in [0.4, 0.5) is 4.39 Å². The Balaban J connectivity index is 1.64. The van der Waals surface area contributed by atoms with Gasteiger partial charge in [0.15, 0.2) is 5.16 Å². The standard InChI is InChI=1S/C24H17ClFN3OS2/c1-14-7-9-15(10-8-14)12-29-23(30)21-20(16-4-3-11-27-22(16)32-21)28-24(29)31-13-17-18(25)5-2-6-19(17)26/h2-11H,12-13H2,1H3. The van der Waals surface area contributed by atoms with Crippen LogP contribution >= 0.6 is 34.7 Å². The summed E-state index contributed by atoms with van der Waals surface area (Å²) in [6, 6.07) is 16.4. The molecule has 0 saturated carbocycles. The zero-order valence-electron chi connectivity index (χ0n) is 17.0. The average Bonchev–Trinajstić information content (AvgIpc) is 3.16. The second-order valence-electron chi connectivity index (χ2n) is 7.40. The Labute approximate surface area is 196 Å². The molecule has 3 aromatic heterocycles. The molecular formula is C24H17ClFN3OS2. The zero-order valence-corrected chi connectivity index (χ0v) is 19.4. The molecule has 0 amide bonds. The van der Waals surface area contributed by atoms with Gasteiger partial charge < -0.3 is 0 Å². The monoisotopic (exact) mass is 481 g/mol. The Morgan fingerprint density at radius 3 is 2.72 bits per heavy atom. The van der Waals surface area contributed by atoms with E-state index in [0.717, 1.165) is 21.3 Å². The Morgan fingerprint density at radius 2 is 1.94 bits per heavy atom. The van der Waals surface area contributed by atoms with E-state index in [2.05, 4.69) is 4.98 Å². The van der Waals surface area contributed by atoms with Crippen molar-refractivity contribution in [3.05, 3.63) is 98.7 Å². The Bertz CT molecular complexity index is 1490. The lowest BCUT2D eigenvalue weighted by Gasteiger charge is -2.13. The lowest BCUT2D eigenvalue weighted by Crippen LogP contribution is -2.23. The van der Waals surface area contributed by atoms with E-state index in [1.54, 1.807) is 22.9 Å². The molecular weight excluding hydrogens is 465 g/mol. The van der Waals surface area contributed by atoms with E-state index in [0.29, 0.717) is 32.5 Å². The van der Waals surface area contributed by atoms with Crippen molar-refractivity contribution < 1.29 is 4.39 Å². The third-order valence-electron chi connectivity index (χ3n) is 5.19. The predicted octanol–water partition coefficient (Wildman–Crippen LogP) is 6.45. The number of halogens is 2. The van der Waals surface area contributed by atoms with Crippen molar-refractivity contribution in [2.45, 2.75) is 24.4 Å². The van der Waals surface area contributed by atoms with Crippen LogP contribution in [0.15, 0.2) is 70.7 Å². The maximum Gasteiger partial charge on any atom is 0.272 e. The first-order valence-electron chi connectivity index (χ1n) is 9.90. The molecule has 0 atom stereocenters. The van der Waals surface area contributed by atoms with E-state index >= 15 is 0 Å². The van der Waals surface area contributed by atoms with Gasteiger partial charge in [-0.05, 0) is 36.8 Å². The number of aromatic nitrogens is 3. The Hall–Kier alpha value is -2.74. The quantitative estimate of drug-likeness (QED) is 0.214. The van der Waals surface area contributed by atoms with Crippen molar-refractivity contribution in [1.82, 2.24) is 14.5 Å². The summed E-state index contributed by atoms with van der Waals surface area (Å²) in [5.74, 6) is -0.110. The highest BCUT2D eigenvalue weighted by Crippen LogP contribution is 2.32. The molecule has 3 heterocycles. The molecule has 0 N–H and O–H groups in total. The maximum absolute atomic E-state index is 14.3. The highest BCUT2D eigenvalue weighted by molar-refractivity contribution is 7.98. The van der Waals surface area contributed by atoms with Gasteiger partial charge in [0.25, 0.3) is 5.56 Å². The largest absolute Gasteiger partial charge is 0.282 e. The zero-order chi connectivity index (χ0) is 22.2. The van der Waals surface area contributed by atoms with E-state index in [1.165, 1.54) is 29.2 Å². The van der Waals surface area contributed by atoms with Crippen LogP contribution in [0.1, 0.15) is 16.7 Å². The van der Waals surface area contributed by atoms with Crippen molar-refractivity contribution in [1.29, 1.82) is 0 Å². The third kappa shape index (κ3) is 3.92. The molecule has 0 bridgehead atoms. The van der Waals surface area contributed by atoms with Crippen molar-refractivity contribution in [2.75, 3.05) is 0 Å². The molecule has 2 aromatic carbocycles. The van der Waals surface area contributed by atoms with Gasteiger partial charge in [-0.2, -0.15) is 0 Å². The van der Waals surface area contributed by atoms with Gasteiger partial charge in [-0.1, -0.05) is 59.3 Å². The molecule has 0 saturated heterocycles. The number of nitrogens with zero attached hydrogens (tertiary/aromatic N) is 3. The van der Waals surface area contributed by atoms with Crippen molar-refractivity contribution in [3.63, 3.8) is 0 Å². The number of aryl methyl sites for hydroxylation is 1. The Kier molecular flexibility index (Phi) is 5.71. The van der Waals surface area contributed by atoms with E-state index < -0.39 is 0 Å². The van der Waals surface area contributed by atoms with Gasteiger partial charge >= 0.3 is 0 Å². The molecule has 5 rings (SSSR count). The number of thiophene rings is 1. The first-order valence-corrected chi connectivity index (χ1v) is 12.1. The predicted molar refractivity (Wildman–Crippen MR) is 130 cm³/mol. The molecule has 0 unspecified atom stereocenters. The maximum atomic E-state index is 14.3. The summed E-state index contributed by atoms with van der Waals surface area (Å²) >= 11 is 8.87. The molecule has 0 aliphatic rings. The lowest BCUT2D eigenvalue weighted by atomic mass is 10.1. The number of pyridine rings is 1. The van der Waals surface area contributed by atoms with Crippen LogP contribution in [0.3, 0.4) is 0 Å². The van der Waals surface area contributed by atoms with Gasteiger partial charge in [0, 0.05) is 27.9 Å². The third-order valence-corrected chi connectivity index (χ3v) is 7.63. The lowest BCUT2D eigenvalue weighted by molar-refractivity contribution is 0.617. The summed E-state index contributed by atoms with van der Waals surface area (Å²) in [6.45, 7) is 2.39. The van der Waals surface area contributed by atoms with Crippen LogP contribution in [0, 0.1) is 12.7 Å². The van der Waals surface area contributed by atoms with Crippen molar-refractivity contribution in [3.8, 4) is 0 Å². The summed E-state index contributed by atoms with van der Waals surface area (Å²) in [6.07, 6.45) is 1.71. The van der Waals surface area contributed by atoms with Gasteiger partial charge in [0.1, 0.15) is 15.3 Å². The second kappa shape index (κ2) is 8.65. The molecule has 0 fully saturated rings. The van der Waals surface area contributed by atoms with Crippen LogP contribution < -0.4 is 5.56 Å². The summed E-state index contributed by atoms with van der Waals surface area (Å²) in [4.78, 5) is 23.5. The molecule has 0 aliphatic heterocycles. The van der Waals surface area contributed by atoms with Gasteiger partial charge in [0.05, 0.1) is 12.1 Å². The van der Waals surface area contributed by atoms with Crippen LogP contribution in [0.2, 0.25) is 5.02 Å². The minimum atomic E-state index is -0.372. The van der Waals surface area contributed by atoms with Crippen LogP contribution in [-0.2, 0) is 12.3 Å². The molecule has 0 radical (unpaired) electrons. The summed E-state index contributed by atoms with van der Waals surface area (Å²) in [5, 5.41) is 1.72. The van der Waals surface area contributed by atoms with E-state index in [9.17, 15) is 9.18 Å².